The standard InChI is InChI=1S/C27H27N5O3/c33-23(15-32-6-8-34-9-7-32)11-18-2-1-3-19(10-18)26-30-25-17-35-16-24(25)27(31-26)29-22-5-4-20-13-28-14-21(20)12-22/h1-5,10,12,14H,6-9,11,13,15-17H2,(H,29,30,31). The molecule has 0 saturated carbocycles. The van der Waals surface area contributed by atoms with Crippen LogP contribution in [0.25, 0.3) is 11.4 Å². The van der Waals surface area contributed by atoms with E-state index in [0.717, 1.165) is 59.1 Å². The Morgan fingerprint density at radius 3 is 2.86 bits per heavy atom. The summed E-state index contributed by atoms with van der Waals surface area (Å²) in [5.74, 6) is 1.59. The van der Waals surface area contributed by atoms with Crippen molar-refractivity contribution >= 4 is 23.5 Å². The molecular weight excluding hydrogens is 442 g/mol. The number of nitrogens with one attached hydrogen (secondary N) is 1. The van der Waals surface area contributed by atoms with E-state index in [9.17, 15) is 4.79 Å². The quantitative estimate of drug-likeness (QED) is 0.568. The fourth-order valence-electron chi connectivity index (χ4n) is 4.71. The molecule has 0 aliphatic carbocycles. The van der Waals surface area contributed by atoms with E-state index in [1.54, 1.807) is 0 Å². The fraction of sp³-hybridized carbons (Fsp3) is 0.333. The van der Waals surface area contributed by atoms with Gasteiger partial charge in [0.1, 0.15) is 5.82 Å². The summed E-state index contributed by atoms with van der Waals surface area (Å²) in [6.07, 6.45) is 2.30. The van der Waals surface area contributed by atoms with Crippen molar-refractivity contribution in [2.45, 2.75) is 26.2 Å². The lowest BCUT2D eigenvalue weighted by atomic mass is 10.0. The number of ether oxygens (including phenoxy) is 2. The molecule has 0 amide bonds. The molecule has 1 fully saturated rings. The molecule has 2 aromatic carbocycles. The van der Waals surface area contributed by atoms with Gasteiger partial charge in [-0.25, -0.2) is 9.97 Å². The Kier molecular flexibility index (Phi) is 6.08. The molecule has 3 aliphatic rings. The molecule has 0 radical (unpaired) electrons. The lowest BCUT2D eigenvalue weighted by Crippen LogP contribution is -2.39. The second-order valence-corrected chi connectivity index (χ2v) is 9.13. The molecule has 0 bridgehead atoms. The van der Waals surface area contributed by atoms with Crippen molar-refractivity contribution in [3.05, 3.63) is 70.4 Å². The van der Waals surface area contributed by atoms with Crippen LogP contribution in [0.5, 0.6) is 0 Å². The number of carbonyl (C=O) groups is 1. The fourth-order valence-corrected chi connectivity index (χ4v) is 4.71. The highest BCUT2D eigenvalue weighted by Gasteiger charge is 2.22. The van der Waals surface area contributed by atoms with E-state index in [0.29, 0.717) is 45.2 Å². The minimum absolute atomic E-state index is 0.204. The molecule has 1 saturated heterocycles. The predicted octanol–water partition coefficient (Wildman–Crippen LogP) is 3.29. The Morgan fingerprint density at radius 2 is 1.94 bits per heavy atom. The first-order valence-corrected chi connectivity index (χ1v) is 12.0. The molecule has 1 N–H and O–H groups in total. The van der Waals surface area contributed by atoms with Crippen LogP contribution in [0.3, 0.4) is 0 Å². The maximum atomic E-state index is 12.7. The maximum absolute atomic E-state index is 12.7. The lowest BCUT2D eigenvalue weighted by molar-refractivity contribution is -0.120. The number of hydrogen-bond donors (Lipinski definition) is 1. The molecule has 8 nitrogen and oxygen atoms in total. The van der Waals surface area contributed by atoms with Crippen LogP contribution in [-0.4, -0.2) is 59.7 Å². The van der Waals surface area contributed by atoms with Crippen molar-refractivity contribution < 1.29 is 14.3 Å². The lowest BCUT2D eigenvalue weighted by Gasteiger charge is -2.25. The Labute approximate surface area is 204 Å². The number of carbonyl (C=O) groups excluding carboxylic acids is 1. The van der Waals surface area contributed by atoms with Gasteiger partial charge in [0, 0.05) is 42.5 Å². The number of nitrogens with zero attached hydrogens (tertiary/aromatic N) is 4. The van der Waals surface area contributed by atoms with Gasteiger partial charge in [0.05, 0.1) is 45.2 Å². The molecule has 0 unspecified atom stereocenters. The molecule has 0 spiro atoms. The van der Waals surface area contributed by atoms with Crippen LogP contribution in [0.15, 0.2) is 47.5 Å². The largest absolute Gasteiger partial charge is 0.379 e. The zero-order chi connectivity index (χ0) is 23.6. The van der Waals surface area contributed by atoms with E-state index >= 15 is 0 Å². The number of aromatic nitrogens is 2. The van der Waals surface area contributed by atoms with Crippen molar-refractivity contribution in [2.75, 3.05) is 38.2 Å². The minimum Gasteiger partial charge on any atom is -0.379 e. The van der Waals surface area contributed by atoms with Gasteiger partial charge in [-0.2, -0.15) is 0 Å². The average Bonchev–Trinajstić information content (AvgIpc) is 3.54. The normalized spacial score (nSPS) is 16.8. The Bertz CT molecular complexity index is 1300. The van der Waals surface area contributed by atoms with Crippen LogP contribution in [0.1, 0.15) is 27.9 Å². The minimum atomic E-state index is 0.204. The van der Waals surface area contributed by atoms with E-state index in [4.69, 9.17) is 19.4 Å². The van der Waals surface area contributed by atoms with Gasteiger partial charge in [0.25, 0.3) is 0 Å². The van der Waals surface area contributed by atoms with Crippen molar-refractivity contribution in [3.63, 3.8) is 0 Å². The topological polar surface area (TPSA) is 88.9 Å². The summed E-state index contributed by atoms with van der Waals surface area (Å²) in [7, 11) is 0. The highest BCUT2D eigenvalue weighted by molar-refractivity contribution is 5.86. The van der Waals surface area contributed by atoms with Crippen LogP contribution < -0.4 is 5.32 Å². The number of ketones is 1. The van der Waals surface area contributed by atoms with Gasteiger partial charge in [-0.1, -0.05) is 24.3 Å². The number of anilines is 2. The first-order valence-electron chi connectivity index (χ1n) is 12.0. The smallest absolute Gasteiger partial charge is 0.161 e. The Morgan fingerprint density at radius 1 is 1.03 bits per heavy atom. The Balaban J connectivity index is 1.24. The van der Waals surface area contributed by atoms with Gasteiger partial charge in [0.15, 0.2) is 11.6 Å². The molecule has 1 aromatic heterocycles. The van der Waals surface area contributed by atoms with Gasteiger partial charge in [-0.05, 0) is 34.9 Å². The molecule has 4 heterocycles. The summed E-state index contributed by atoms with van der Waals surface area (Å²) in [5.41, 5.74) is 7.06. The van der Waals surface area contributed by atoms with Crippen molar-refractivity contribution in [2.24, 2.45) is 4.99 Å². The third-order valence-corrected chi connectivity index (χ3v) is 6.57. The number of fused-ring (bicyclic) bond motifs is 2. The molecule has 3 aliphatic heterocycles. The first kappa shape index (κ1) is 22.0. The Hall–Kier alpha value is -3.46. The summed E-state index contributed by atoms with van der Waals surface area (Å²) in [6, 6.07) is 14.2. The van der Waals surface area contributed by atoms with Crippen LogP contribution in [0.4, 0.5) is 11.5 Å². The SMILES string of the molecule is O=C(Cc1cccc(-c2nc3c(c(Nc4ccc5c(c4)C=NC5)n2)COC3)c1)CN1CCOCC1. The van der Waals surface area contributed by atoms with Gasteiger partial charge >= 0.3 is 0 Å². The van der Waals surface area contributed by atoms with Gasteiger partial charge in [-0.3, -0.25) is 14.7 Å². The van der Waals surface area contributed by atoms with Crippen molar-refractivity contribution in [3.8, 4) is 11.4 Å². The number of Topliss-reactive ketones (excluding diaryl/α,β-unsaturated/α-hetero) is 1. The van der Waals surface area contributed by atoms with Gasteiger partial charge < -0.3 is 14.8 Å². The summed E-state index contributed by atoms with van der Waals surface area (Å²) in [4.78, 5) is 28.8. The zero-order valence-electron chi connectivity index (χ0n) is 19.5. The summed E-state index contributed by atoms with van der Waals surface area (Å²) in [5, 5.41) is 3.47. The van der Waals surface area contributed by atoms with E-state index in [1.165, 1.54) is 5.56 Å². The van der Waals surface area contributed by atoms with Crippen LogP contribution >= 0.6 is 0 Å². The van der Waals surface area contributed by atoms with Gasteiger partial charge in [0.2, 0.25) is 0 Å². The zero-order valence-corrected chi connectivity index (χ0v) is 19.5. The highest BCUT2D eigenvalue weighted by Crippen LogP contribution is 2.31. The second-order valence-electron chi connectivity index (χ2n) is 9.13. The first-order chi connectivity index (χ1) is 17.2. The molecular formula is C27H27N5O3. The third kappa shape index (κ3) is 4.86. The van der Waals surface area contributed by atoms with Crippen LogP contribution in [0, 0.1) is 0 Å². The predicted molar refractivity (Wildman–Crippen MR) is 133 cm³/mol. The monoisotopic (exact) mass is 469 g/mol. The molecule has 178 valence electrons. The molecule has 6 rings (SSSR count). The maximum Gasteiger partial charge on any atom is 0.161 e. The van der Waals surface area contributed by atoms with Crippen molar-refractivity contribution in [1.82, 2.24) is 14.9 Å². The van der Waals surface area contributed by atoms with E-state index in [2.05, 4.69) is 33.4 Å². The molecule has 0 atom stereocenters. The average molecular weight is 470 g/mol. The summed E-state index contributed by atoms with van der Waals surface area (Å²) >= 11 is 0. The van der Waals surface area contributed by atoms with E-state index < -0.39 is 0 Å². The number of hydrogen-bond acceptors (Lipinski definition) is 8. The summed E-state index contributed by atoms with van der Waals surface area (Å²) in [6.45, 7) is 5.15. The van der Waals surface area contributed by atoms with Crippen molar-refractivity contribution in [1.29, 1.82) is 0 Å². The number of aliphatic imine (C=N–C) groups is 1. The van der Waals surface area contributed by atoms with E-state index in [-0.39, 0.29) is 5.78 Å². The van der Waals surface area contributed by atoms with Crippen LogP contribution in [-0.2, 0) is 40.4 Å². The van der Waals surface area contributed by atoms with Crippen LogP contribution in [0.2, 0.25) is 0 Å². The number of morpholine rings is 1. The molecule has 35 heavy (non-hydrogen) atoms. The molecule has 3 aromatic rings. The molecule has 8 heteroatoms. The number of benzene rings is 2. The van der Waals surface area contributed by atoms with E-state index in [1.807, 2.05) is 30.5 Å². The van der Waals surface area contributed by atoms with Gasteiger partial charge in [-0.15, -0.1) is 0 Å². The highest BCUT2D eigenvalue weighted by atomic mass is 16.5. The third-order valence-electron chi connectivity index (χ3n) is 6.57. The number of rotatable bonds is 7. The second kappa shape index (κ2) is 9.65. The summed E-state index contributed by atoms with van der Waals surface area (Å²) < 4.78 is 11.1.